The van der Waals surface area contributed by atoms with Crippen LogP contribution in [0, 0.1) is 0 Å². The highest BCUT2D eigenvalue weighted by Crippen LogP contribution is 2.10. The van der Waals surface area contributed by atoms with Crippen molar-refractivity contribution in [3.63, 3.8) is 0 Å². The highest BCUT2D eigenvalue weighted by atomic mass is 16.5. The minimum absolute atomic E-state index is 0.107. The third kappa shape index (κ3) is 4.62. The van der Waals surface area contributed by atoms with Gasteiger partial charge in [-0.15, -0.1) is 0 Å². The number of ether oxygens (including phenoxy) is 2. The van der Waals surface area contributed by atoms with Crippen LogP contribution in [-0.2, 0) is 14.3 Å². The van der Waals surface area contributed by atoms with Gasteiger partial charge in [0.1, 0.15) is 0 Å². The van der Waals surface area contributed by atoms with E-state index in [0.717, 1.165) is 19.6 Å². The van der Waals surface area contributed by atoms with Gasteiger partial charge < -0.3 is 9.47 Å². The van der Waals surface area contributed by atoms with Gasteiger partial charge in [-0.2, -0.15) is 0 Å². The molecule has 0 amide bonds. The summed E-state index contributed by atoms with van der Waals surface area (Å²) in [7, 11) is 0. The highest BCUT2D eigenvalue weighted by molar-refractivity contribution is 5.69. The molecule has 1 heterocycles. The van der Waals surface area contributed by atoms with E-state index in [1.165, 1.54) is 0 Å². The van der Waals surface area contributed by atoms with Gasteiger partial charge in [-0.25, -0.2) is 0 Å². The average molecular weight is 215 g/mol. The van der Waals surface area contributed by atoms with Crippen LogP contribution in [0.4, 0.5) is 0 Å². The molecule has 0 N–H and O–H groups in total. The zero-order valence-electron chi connectivity index (χ0n) is 9.86. The van der Waals surface area contributed by atoms with Gasteiger partial charge in [0.25, 0.3) is 0 Å². The van der Waals surface area contributed by atoms with Crippen molar-refractivity contribution in [1.82, 2.24) is 4.90 Å². The Balaban J connectivity index is 2.23. The third-order valence-electron chi connectivity index (χ3n) is 2.43. The molecule has 0 spiro atoms. The maximum Gasteiger partial charge on any atom is 0.307 e. The Morgan fingerprint density at radius 3 is 2.53 bits per heavy atom. The quantitative estimate of drug-likeness (QED) is 0.657. The zero-order chi connectivity index (χ0) is 11.3. The lowest BCUT2D eigenvalue weighted by Gasteiger charge is -2.35. The summed E-state index contributed by atoms with van der Waals surface area (Å²) in [6.45, 7) is 9.01. The van der Waals surface area contributed by atoms with E-state index in [1.807, 2.05) is 6.92 Å². The zero-order valence-corrected chi connectivity index (χ0v) is 9.86. The first-order chi connectivity index (χ1) is 7.11. The van der Waals surface area contributed by atoms with Crippen LogP contribution in [0.15, 0.2) is 0 Å². The molecule has 1 aliphatic rings. The summed E-state index contributed by atoms with van der Waals surface area (Å²) in [5, 5.41) is 0. The van der Waals surface area contributed by atoms with Crippen molar-refractivity contribution in [1.29, 1.82) is 0 Å². The maximum absolute atomic E-state index is 11.2. The first-order valence-electron chi connectivity index (χ1n) is 5.65. The largest absolute Gasteiger partial charge is 0.466 e. The van der Waals surface area contributed by atoms with Crippen LogP contribution in [-0.4, -0.2) is 49.3 Å². The molecule has 0 aromatic heterocycles. The summed E-state index contributed by atoms with van der Waals surface area (Å²) in [5.41, 5.74) is 0. The van der Waals surface area contributed by atoms with Crippen LogP contribution < -0.4 is 0 Å². The van der Waals surface area contributed by atoms with Gasteiger partial charge in [-0.05, 0) is 20.8 Å². The molecule has 0 aromatic rings. The Bertz CT molecular complexity index is 198. The van der Waals surface area contributed by atoms with Crippen molar-refractivity contribution < 1.29 is 14.3 Å². The van der Waals surface area contributed by atoms with E-state index in [1.54, 1.807) is 0 Å². The predicted molar refractivity (Wildman–Crippen MR) is 57.7 cm³/mol. The average Bonchev–Trinajstić information content (AvgIpc) is 2.14. The number of carbonyl (C=O) groups is 1. The first-order valence-corrected chi connectivity index (χ1v) is 5.65. The molecule has 0 aliphatic carbocycles. The molecule has 2 atom stereocenters. The fourth-order valence-corrected chi connectivity index (χ4v) is 1.95. The van der Waals surface area contributed by atoms with Crippen molar-refractivity contribution in [2.45, 2.75) is 39.4 Å². The molecular formula is C11H21NO3. The molecule has 88 valence electrons. The fourth-order valence-electron chi connectivity index (χ4n) is 1.95. The summed E-state index contributed by atoms with van der Waals surface area (Å²) in [5.74, 6) is -0.107. The summed E-state index contributed by atoms with van der Waals surface area (Å²) >= 11 is 0. The number of hydrogen-bond donors (Lipinski definition) is 0. The lowest BCUT2D eigenvalue weighted by atomic mass is 10.2. The summed E-state index contributed by atoms with van der Waals surface area (Å²) < 4.78 is 10.5. The van der Waals surface area contributed by atoms with Crippen LogP contribution in [0.3, 0.4) is 0 Å². The van der Waals surface area contributed by atoms with Gasteiger partial charge in [0.05, 0.1) is 25.2 Å². The molecule has 1 aliphatic heterocycles. The molecule has 15 heavy (non-hydrogen) atoms. The lowest BCUT2D eigenvalue weighted by molar-refractivity contribution is -0.144. The van der Waals surface area contributed by atoms with E-state index >= 15 is 0 Å². The summed E-state index contributed by atoms with van der Waals surface area (Å²) in [4.78, 5) is 13.4. The molecule has 0 bridgehead atoms. The van der Waals surface area contributed by atoms with E-state index in [0.29, 0.717) is 13.0 Å². The van der Waals surface area contributed by atoms with E-state index in [9.17, 15) is 4.79 Å². The monoisotopic (exact) mass is 215 g/mol. The van der Waals surface area contributed by atoms with Crippen LogP contribution in [0.25, 0.3) is 0 Å². The topological polar surface area (TPSA) is 38.8 Å². The maximum atomic E-state index is 11.2. The number of carbonyl (C=O) groups excluding carboxylic acids is 1. The number of morpholine rings is 1. The molecule has 0 aromatic carbocycles. The lowest BCUT2D eigenvalue weighted by Crippen LogP contribution is -2.46. The van der Waals surface area contributed by atoms with Gasteiger partial charge in [0.15, 0.2) is 0 Å². The van der Waals surface area contributed by atoms with Gasteiger partial charge in [-0.3, -0.25) is 9.69 Å². The SMILES string of the molecule is CCOC(=O)CCN1C[C@H](C)O[C@@H](C)C1. The Morgan fingerprint density at radius 2 is 2.00 bits per heavy atom. The smallest absolute Gasteiger partial charge is 0.307 e. The van der Waals surface area contributed by atoms with Gasteiger partial charge >= 0.3 is 5.97 Å². The molecule has 1 fully saturated rings. The van der Waals surface area contributed by atoms with Crippen LogP contribution in [0.2, 0.25) is 0 Å². The fraction of sp³-hybridized carbons (Fsp3) is 0.909. The molecule has 0 saturated carbocycles. The van der Waals surface area contributed by atoms with Crippen LogP contribution in [0.1, 0.15) is 27.2 Å². The van der Waals surface area contributed by atoms with Crippen molar-refractivity contribution in [3.05, 3.63) is 0 Å². The molecule has 4 nitrogen and oxygen atoms in total. The minimum atomic E-state index is -0.107. The molecule has 0 radical (unpaired) electrons. The van der Waals surface area contributed by atoms with E-state index < -0.39 is 0 Å². The van der Waals surface area contributed by atoms with Crippen LogP contribution in [0.5, 0.6) is 0 Å². The minimum Gasteiger partial charge on any atom is -0.466 e. The number of hydrogen-bond acceptors (Lipinski definition) is 4. The van der Waals surface area contributed by atoms with Crippen molar-refractivity contribution >= 4 is 5.97 Å². The Labute approximate surface area is 91.5 Å². The van der Waals surface area contributed by atoms with Crippen molar-refractivity contribution in [3.8, 4) is 0 Å². The summed E-state index contributed by atoms with van der Waals surface area (Å²) in [6.07, 6.45) is 1.000. The Kier molecular flexibility index (Phi) is 5.05. The second-order valence-corrected chi connectivity index (χ2v) is 4.07. The molecule has 4 heteroatoms. The molecule has 1 saturated heterocycles. The number of rotatable bonds is 4. The second kappa shape index (κ2) is 6.08. The first kappa shape index (κ1) is 12.5. The van der Waals surface area contributed by atoms with Gasteiger partial charge in [0.2, 0.25) is 0 Å². The van der Waals surface area contributed by atoms with E-state index in [2.05, 4.69) is 18.7 Å². The van der Waals surface area contributed by atoms with Crippen molar-refractivity contribution in [2.24, 2.45) is 0 Å². The van der Waals surface area contributed by atoms with Gasteiger partial charge in [-0.1, -0.05) is 0 Å². The Morgan fingerprint density at radius 1 is 1.40 bits per heavy atom. The number of esters is 1. The predicted octanol–water partition coefficient (Wildman–Crippen LogP) is 1.05. The molecule has 1 rings (SSSR count). The standard InChI is InChI=1S/C11H21NO3/c1-4-14-11(13)5-6-12-7-9(2)15-10(3)8-12/h9-10H,4-8H2,1-3H3/t9-,10-/m0/s1. The highest BCUT2D eigenvalue weighted by Gasteiger charge is 2.22. The Hall–Kier alpha value is -0.610. The van der Waals surface area contributed by atoms with Crippen LogP contribution >= 0.6 is 0 Å². The third-order valence-corrected chi connectivity index (χ3v) is 2.43. The van der Waals surface area contributed by atoms with E-state index in [4.69, 9.17) is 9.47 Å². The van der Waals surface area contributed by atoms with Crippen molar-refractivity contribution in [2.75, 3.05) is 26.2 Å². The molecule has 0 unspecified atom stereocenters. The normalized spacial score (nSPS) is 27.7. The second-order valence-electron chi connectivity index (χ2n) is 4.07. The summed E-state index contributed by atoms with van der Waals surface area (Å²) in [6, 6.07) is 0. The molecular weight excluding hydrogens is 194 g/mol. The van der Waals surface area contributed by atoms with E-state index in [-0.39, 0.29) is 18.2 Å². The van der Waals surface area contributed by atoms with Gasteiger partial charge in [0, 0.05) is 19.6 Å². The number of nitrogens with zero attached hydrogens (tertiary/aromatic N) is 1.